The fraction of sp³-hybridized carbons (Fsp3) is 0.455. The standard InChI is InChI=1S/C11H13NO4/c1-7-5-12(10(15)4-9(7)14)11-3-2-8(6-13)16-11/h2-3,5,8,11,13H,4,6H2,1H3. The number of Topliss-reactive ketones (excluding diaryl/α,β-unsaturated/α-hetero) is 1. The van der Waals surface area contributed by atoms with Gasteiger partial charge in [-0.2, -0.15) is 0 Å². The zero-order chi connectivity index (χ0) is 11.7. The number of ether oxygens (including phenoxy) is 1. The van der Waals surface area contributed by atoms with E-state index in [9.17, 15) is 9.59 Å². The molecule has 2 heterocycles. The molecular weight excluding hydrogens is 210 g/mol. The van der Waals surface area contributed by atoms with Crippen LogP contribution < -0.4 is 0 Å². The first-order valence-corrected chi connectivity index (χ1v) is 5.09. The van der Waals surface area contributed by atoms with E-state index in [1.54, 1.807) is 19.1 Å². The summed E-state index contributed by atoms with van der Waals surface area (Å²) in [6, 6.07) is 0. The van der Waals surface area contributed by atoms with Crippen molar-refractivity contribution in [3.05, 3.63) is 23.9 Å². The van der Waals surface area contributed by atoms with E-state index in [4.69, 9.17) is 9.84 Å². The Balaban J connectivity index is 2.14. The number of carbonyl (C=O) groups excluding carboxylic acids is 2. The number of hydrogen-bond acceptors (Lipinski definition) is 4. The predicted molar refractivity (Wildman–Crippen MR) is 55.1 cm³/mol. The van der Waals surface area contributed by atoms with Crippen molar-refractivity contribution in [3.8, 4) is 0 Å². The quantitative estimate of drug-likeness (QED) is 0.527. The van der Waals surface area contributed by atoms with E-state index in [1.807, 2.05) is 0 Å². The summed E-state index contributed by atoms with van der Waals surface area (Å²) in [6.45, 7) is 1.56. The SMILES string of the molecule is CC1=CN(C2C=CC(CO)O2)C(=O)CC1=O. The fourth-order valence-corrected chi connectivity index (χ4v) is 1.69. The molecule has 1 amide bonds. The molecule has 0 saturated heterocycles. The van der Waals surface area contributed by atoms with Gasteiger partial charge in [-0.15, -0.1) is 0 Å². The van der Waals surface area contributed by atoms with Gasteiger partial charge in [-0.3, -0.25) is 14.5 Å². The van der Waals surface area contributed by atoms with Crippen LogP contribution in [0.5, 0.6) is 0 Å². The second kappa shape index (κ2) is 4.19. The Bertz CT molecular complexity index is 385. The summed E-state index contributed by atoms with van der Waals surface area (Å²) in [5.74, 6) is -0.425. The van der Waals surface area contributed by atoms with Crippen LogP contribution in [-0.2, 0) is 14.3 Å². The zero-order valence-corrected chi connectivity index (χ0v) is 8.92. The Morgan fingerprint density at radius 3 is 2.88 bits per heavy atom. The number of ketones is 1. The maximum atomic E-state index is 11.6. The first-order valence-electron chi connectivity index (χ1n) is 5.09. The molecule has 1 N–H and O–H groups in total. The highest BCUT2D eigenvalue weighted by Gasteiger charge is 2.31. The Morgan fingerprint density at radius 1 is 1.50 bits per heavy atom. The van der Waals surface area contributed by atoms with Gasteiger partial charge in [0.05, 0.1) is 13.0 Å². The Labute approximate surface area is 93.0 Å². The average molecular weight is 223 g/mol. The average Bonchev–Trinajstić information content (AvgIpc) is 2.71. The normalized spacial score (nSPS) is 29.9. The van der Waals surface area contributed by atoms with Gasteiger partial charge >= 0.3 is 0 Å². The van der Waals surface area contributed by atoms with Gasteiger partial charge in [-0.1, -0.05) is 6.08 Å². The maximum absolute atomic E-state index is 11.6. The molecule has 5 heteroatoms. The number of hydrogen-bond donors (Lipinski definition) is 1. The lowest BCUT2D eigenvalue weighted by Gasteiger charge is -2.28. The molecule has 86 valence electrons. The molecule has 5 nitrogen and oxygen atoms in total. The van der Waals surface area contributed by atoms with Gasteiger partial charge in [0.1, 0.15) is 6.10 Å². The Morgan fingerprint density at radius 2 is 2.25 bits per heavy atom. The van der Waals surface area contributed by atoms with E-state index in [0.717, 1.165) is 0 Å². The van der Waals surface area contributed by atoms with Crippen molar-refractivity contribution in [1.29, 1.82) is 0 Å². The first-order chi connectivity index (χ1) is 7.61. The highest BCUT2D eigenvalue weighted by Crippen LogP contribution is 2.21. The number of aliphatic hydroxyl groups excluding tert-OH is 1. The molecule has 16 heavy (non-hydrogen) atoms. The lowest BCUT2D eigenvalue weighted by Crippen LogP contribution is -2.40. The van der Waals surface area contributed by atoms with Crippen molar-refractivity contribution in [1.82, 2.24) is 4.90 Å². The molecular formula is C11H13NO4. The van der Waals surface area contributed by atoms with E-state index < -0.39 is 6.23 Å². The van der Waals surface area contributed by atoms with Crippen LogP contribution in [0.4, 0.5) is 0 Å². The summed E-state index contributed by atoms with van der Waals surface area (Å²) in [5, 5.41) is 8.89. The smallest absolute Gasteiger partial charge is 0.236 e. The van der Waals surface area contributed by atoms with E-state index in [1.165, 1.54) is 11.1 Å². The Kier molecular flexibility index (Phi) is 2.89. The molecule has 2 atom stereocenters. The third-order valence-electron chi connectivity index (χ3n) is 2.63. The van der Waals surface area contributed by atoms with Crippen LogP contribution in [-0.4, -0.2) is 40.6 Å². The monoisotopic (exact) mass is 223 g/mol. The largest absolute Gasteiger partial charge is 0.393 e. The van der Waals surface area contributed by atoms with Gasteiger partial charge < -0.3 is 9.84 Å². The molecule has 0 aliphatic carbocycles. The fourth-order valence-electron chi connectivity index (χ4n) is 1.69. The first kappa shape index (κ1) is 11.0. The van der Waals surface area contributed by atoms with Gasteiger partial charge in [0.15, 0.2) is 12.0 Å². The molecule has 0 saturated carbocycles. The summed E-state index contributed by atoms with van der Waals surface area (Å²) >= 11 is 0. The number of carbonyl (C=O) groups is 2. The lowest BCUT2D eigenvalue weighted by molar-refractivity contribution is -0.142. The molecule has 2 unspecified atom stereocenters. The maximum Gasteiger partial charge on any atom is 0.236 e. The second-order valence-electron chi connectivity index (χ2n) is 3.85. The lowest BCUT2D eigenvalue weighted by atomic mass is 10.1. The zero-order valence-electron chi connectivity index (χ0n) is 8.92. The van der Waals surface area contributed by atoms with Crippen molar-refractivity contribution in [2.24, 2.45) is 0 Å². The molecule has 2 aliphatic heterocycles. The molecule has 0 aromatic carbocycles. The van der Waals surface area contributed by atoms with Crippen LogP contribution in [0.3, 0.4) is 0 Å². The topological polar surface area (TPSA) is 66.8 Å². The number of amides is 1. The second-order valence-corrected chi connectivity index (χ2v) is 3.85. The van der Waals surface area contributed by atoms with E-state index >= 15 is 0 Å². The summed E-state index contributed by atoms with van der Waals surface area (Å²) in [5.41, 5.74) is 0.545. The minimum absolute atomic E-state index is 0.111. The van der Waals surface area contributed by atoms with Crippen molar-refractivity contribution in [2.75, 3.05) is 6.61 Å². The third-order valence-corrected chi connectivity index (χ3v) is 2.63. The molecule has 0 aromatic rings. The van der Waals surface area contributed by atoms with Crippen LogP contribution in [0.1, 0.15) is 13.3 Å². The molecule has 2 rings (SSSR count). The minimum Gasteiger partial charge on any atom is -0.393 e. The number of nitrogens with zero attached hydrogens (tertiary/aromatic N) is 1. The molecule has 0 bridgehead atoms. The molecule has 0 radical (unpaired) electrons. The van der Waals surface area contributed by atoms with Crippen molar-refractivity contribution >= 4 is 11.7 Å². The van der Waals surface area contributed by atoms with Crippen LogP contribution in [0.25, 0.3) is 0 Å². The van der Waals surface area contributed by atoms with E-state index in [2.05, 4.69) is 0 Å². The molecule has 0 aromatic heterocycles. The molecule has 0 spiro atoms. The van der Waals surface area contributed by atoms with Gasteiger partial charge in [-0.05, 0) is 13.0 Å². The number of allylic oxidation sites excluding steroid dienone is 1. The summed E-state index contributed by atoms with van der Waals surface area (Å²) in [6.07, 6.45) is 3.93. The van der Waals surface area contributed by atoms with E-state index in [0.29, 0.717) is 5.57 Å². The highest BCUT2D eigenvalue weighted by molar-refractivity contribution is 6.09. The van der Waals surface area contributed by atoms with Crippen LogP contribution in [0.15, 0.2) is 23.9 Å². The molecule has 2 aliphatic rings. The van der Waals surface area contributed by atoms with Crippen LogP contribution in [0.2, 0.25) is 0 Å². The summed E-state index contributed by atoms with van der Waals surface area (Å²) in [4.78, 5) is 24.3. The van der Waals surface area contributed by atoms with Gasteiger partial charge in [0, 0.05) is 11.8 Å². The molecule has 0 fully saturated rings. The van der Waals surface area contributed by atoms with Crippen molar-refractivity contribution in [2.45, 2.75) is 25.7 Å². The van der Waals surface area contributed by atoms with Gasteiger partial charge in [0.2, 0.25) is 5.91 Å². The summed E-state index contributed by atoms with van der Waals surface area (Å²) < 4.78 is 5.39. The van der Waals surface area contributed by atoms with E-state index in [-0.39, 0.29) is 30.8 Å². The third kappa shape index (κ3) is 1.91. The van der Waals surface area contributed by atoms with Crippen molar-refractivity contribution < 1.29 is 19.4 Å². The summed E-state index contributed by atoms with van der Waals surface area (Å²) in [7, 11) is 0. The number of rotatable bonds is 2. The highest BCUT2D eigenvalue weighted by atomic mass is 16.5. The number of aliphatic hydroxyl groups is 1. The Hall–Kier alpha value is -1.46. The van der Waals surface area contributed by atoms with Crippen molar-refractivity contribution in [3.63, 3.8) is 0 Å². The minimum atomic E-state index is -0.507. The predicted octanol–water partition coefficient (Wildman–Crippen LogP) is -0.0350. The van der Waals surface area contributed by atoms with Crippen LogP contribution >= 0.6 is 0 Å². The van der Waals surface area contributed by atoms with Crippen LogP contribution in [0, 0.1) is 0 Å². The van der Waals surface area contributed by atoms with Gasteiger partial charge in [-0.25, -0.2) is 0 Å². The van der Waals surface area contributed by atoms with Gasteiger partial charge in [0.25, 0.3) is 0 Å².